The Hall–Kier alpha value is -4.44. The van der Waals surface area contributed by atoms with Crippen molar-refractivity contribution in [2.24, 2.45) is 10.3 Å². The minimum absolute atomic E-state index is 0.0783. The fourth-order valence-electron chi connectivity index (χ4n) is 5.02. The van der Waals surface area contributed by atoms with E-state index in [1.165, 1.54) is 12.1 Å². The minimum atomic E-state index is -4.56. The lowest BCUT2D eigenvalue weighted by Crippen LogP contribution is -2.41. The van der Waals surface area contributed by atoms with Crippen LogP contribution in [0.3, 0.4) is 0 Å². The van der Waals surface area contributed by atoms with Crippen LogP contribution in [0, 0.1) is 0 Å². The molecule has 13 nitrogen and oxygen atoms in total. The number of nitrogens with zero attached hydrogens (tertiary/aromatic N) is 1. The number of primary sulfonamides is 2. The summed E-state index contributed by atoms with van der Waals surface area (Å²) < 4.78 is 62.7. The van der Waals surface area contributed by atoms with Crippen molar-refractivity contribution in [3.8, 4) is 11.5 Å². The van der Waals surface area contributed by atoms with E-state index < -0.39 is 42.8 Å². The van der Waals surface area contributed by atoms with Gasteiger partial charge in [-0.1, -0.05) is 32.9 Å². The zero-order valence-electron chi connectivity index (χ0n) is 27.6. The molecule has 0 saturated heterocycles. The van der Waals surface area contributed by atoms with Gasteiger partial charge in [0.05, 0.1) is 17.6 Å². The summed E-state index contributed by atoms with van der Waals surface area (Å²) in [5.41, 5.74) is 6.72. The first-order chi connectivity index (χ1) is 22.3. The van der Waals surface area contributed by atoms with Gasteiger partial charge >= 0.3 is 0 Å². The van der Waals surface area contributed by atoms with E-state index >= 15 is 0 Å². The zero-order chi connectivity index (χ0) is 35.6. The normalized spacial score (nSPS) is 13.6. The maximum atomic E-state index is 14.3. The van der Waals surface area contributed by atoms with Gasteiger partial charge in [0.2, 0.25) is 26.0 Å². The van der Waals surface area contributed by atoms with E-state index in [4.69, 9.17) is 25.5 Å². The standard InChI is InChI=1S/C33H42N6O7S2/c1-7-45-28-17-21(8-11-27(28)46-19(2)3)29(38-24-9-10-26-20(15-24)12-13-37-30(26)34)31(40)39-32(48(36,43)44)22-14-23(33(4,5)6)18-25(16-22)47(35,41)42/h8-19,29,32,38H,7H2,1-6H3,(H2,34,37)(H,39,40)(H2,35,41,42)(H2,36,43,44). The number of carbonyl (C=O) groups excluding carboxylic acids is 1. The summed E-state index contributed by atoms with van der Waals surface area (Å²) in [6, 6.07) is 14.7. The molecule has 1 heterocycles. The summed E-state index contributed by atoms with van der Waals surface area (Å²) in [5.74, 6) is 0.379. The Morgan fingerprint density at radius 1 is 0.917 bits per heavy atom. The number of nitrogens with one attached hydrogen (secondary N) is 2. The molecule has 4 aromatic rings. The molecular formula is C33H42N6O7S2. The molecule has 4 rings (SSSR count). The number of aromatic nitrogens is 1. The van der Waals surface area contributed by atoms with Crippen molar-refractivity contribution >= 4 is 48.2 Å². The van der Waals surface area contributed by atoms with Crippen molar-refractivity contribution in [2.75, 3.05) is 17.7 Å². The van der Waals surface area contributed by atoms with Crippen LogP contribution in [0.1, 0.15) is 69.6 Å². The number of nitrogens with two attached hydrogens (primary N) is 3. The second-order valence-electron chi connectivity index (χ2n) is 12.6. The lowest BCUT2D eigenvalue weighted by molar-refractivity contribution is -0.122. The fourth-order valence-corrected chi connectivity index (χ4v) is 6.41. The predicted octanol–water partition coefficient (Wildman–Crippen LogP) is 4.20. The molecule has 3 aromatic carbocycles. The number of carbonyl (C=O) groups is 1. The number of hydrogen-bond acceptors (Lipinski definition) is 10. The summed E-state index contributed by atoms with van der Waals surface area (Å²) >= 11 is 0. The first kappa shape index (κ1) is 36.4. The van der Waals surface area contributed by atoms with Crippen molar-refractivity contribution in [2.45, 2.75) is 69.4 Å². The average Bonchev–Trinajstić information content (AvgIpc) is 2.98. The molecular weight excluding hydrogens is 657 g/mol. The highest BCUT2D eigenvalue weighted by Gasteiger charge is 2.32. The van der Waals surface area contributed by atoms with Crippen LogP contribution in [0.5, 0.6) is 11.5 Å². The molecule has 8 N–H and O–H groups in total. The zero-order valence-corrected chi connectivity index (χ0v) is 29.3. The van der Waals surface area contributed by atoms with Gasteiger partial charge in [-0.15, -0.1) is 0 Å². The van der Waals surface area contributed by atoms with Crippen molar-refractivity contribution in [1.82, 2.24) is 10.3 Å². The molecule has 1 aromatic heterocycles. The Balaban J connectivity index is 1.85. The maximum Gasteiger partial charge on any atom is 0.248 e. The summed E-state index contributed by atoms with van der Waals surface area (Å²) in [5, 5.41) is 16.5. The molecule has 0 aliphatic heterocycles. The van der Waals surface area contributed by atoms with Crippen LogP contribution in [-0.4, -0.2) is 40.4 Å². The lowest BCUT2D eigenvalue weighted by Gasteiger charge is -2.26. The highest BCUT2D eigenvalue weighted by Crippen LogP contribution is 2.35. The number of benzene rings is 3. The van der Waals surface area contributed by atoms with Crippen LogP contribution >= 0.6 is 0 Å². The van der Waals surface area contributed by atoms with Gasteiger partial charge in [0.1, 0.15) is 11.9 Å². The molecule has 0 aliphatic rings. The number of fused-ring (bicyclic) bond motifs is 1. The molecule has 0 fully saturated rings. The molecule has 0 saturated carbocycles. The van der Waals surface area contributed by atoms with Gasteiger partial charge < -0.3 is 25.8 Å². The SMILES string of the molecule is CCOc1cc(C(Nc2ccc3c(N)nccc3c2)C(=O)NC(c2cc(C(C)(C)C)cc(S(N)(=O)=O)c2)S(N)(=O)=O)ccc1OC(C)C. The van der Waals surface area contributed by atoms with Crippen LogP contribution in [0.2, 0.25) is 0 Å². The van der Waals surface area contributed by atoms with Gasteiger partial charge in [-0.2, -0.15) is 0 Å². The third kappa shape index (κ3) is 8.72. The minimum Gasteiger partial charge on any atom is -0.490 e. The molecule has 0 spiro atoms. The van der Waals surface area contributed by atoms with Crippen molar-refractivity contribution < 1.29 is 31.1 Å². The Morgan fingerprint density at radius 3 is 2.23 bits per heavy atom. The number of hydrogen-bond donors (Lipinski definition) is 5. The summed E-state index contributed by atoms with van der Waals surface area (Å²) in [6.07, 6.45) is 1.40. The molecule has 0 radical (unpaired) electrons. The molecule has 258 valence electrons. The van der Waals surface area contributed by atoms with Crippen LogP contribution in [0.25, 0.3) is 10.8 Å². The van der Waals surface area contributed by atoms with Crippen molar-refractivity contribution in [1.29, 1.82) is 0 Å². The summed E-state index contributed by atoms with van der Waals surface area (Å²) in [6.45, 7) is 11.3. The third-order valence-electron chi connectivity index (χ3n) is 7.36. The van der Waals surface area contributed by atoms with Gasteiger partial charge in [-0.3, -0.25) is 4.79 Å². The monoisotopic (exact) mass is 698 g/mol. The third-order valence-corrected chi connectivity index (χ3v) is 9.30. The number of sulfonamides is 2. The molecule has 2 atom stereocenters. The second-order valence-corrected chi connectivity index (χ2v) is 15.8. The molecule has 0 bridgehead atoms. The van der Waals surface area contributed by atoms with Crippen LogP contribution in [0.4, 0.5) is 11.5 Å². The van der Waals surface area contributed by atoms with E-state index in [1.807, 2.05) is 41.5 Å². The lowest BCUT2D eigenvalue weighted by atomic mass is 9.86. The number of rotatable bonds is 12. The van der Waals surface area contributed by atoms with Crippen LogP contribution < -0.4 is 36.1 Å². The first-order valence-electron chi connectivity index (χ1n) is 15.1. The smallest absolute Gasteiger partial charge is 0.248 e. The quantitative estimate of drug-likeness (QED) is 0.142. The number of anilines is 2. The Kier molecular flexibility index (Phi) is 10.6. The van der Waals surface area contributed by atoms with Crippen molar-refractivity contribution in [3.63, 3.8) is 0 Å². The van der Waals surface area contributed by atoms with E-state index in [1.54, 1.807) is 48.7 Å². The van der Waals surface area contributed by atoms with E-state index in [-0.39, 0.29) is 16.6 Å². The average molecular weight is 699 g/mol. The van der Waals surface area contributed by atoms with E-state index in [2.05, 4.69) is 15.6 Å². The maximum absolute atomic E-state index is 14.3. The highest BCUT2D eigenvalue weighted by molar-refractivity contribution is 7.89. The van der Waals surface area contributed by atoms with Crippen molar-refractivity contribution in [3.05, 3.63) is 83.6 Å². The van der Waals surface area contributed by atoms with Gasteiger partial charge in [0.25, 0.3) is 0 Å². The predicted molar refractivity (Wildman–Crippen MR) is 186 cm³/mol. The van der Waals surface area contributed by atoms with E-state index in [9.17, 15) is 21.6 Å². The molecule has 48 heavy (non-hydrogen) atoms. The fraction of sp³-hybridized carbons (Fsp3) is 0.333. The largest absolute Gasteiger partial charge is 0.490 e. The first-order valence-corrected chi connectivity index (χ1v) is 18.3. The molecule has 1 amide bonds. The van der Waals surface area contributed by atoms with Gasteiger partial charge in [0.15, 0.2) is 16.9 Å². The number of ether oxygens (including phenoxy) is 2. The number of amides is 1. The van der Waals surface area contributed by atoms with Gasteiger partial charge in [-0.05, 0) is 96.8 Å². The Bertz CT molecular complexity index is 2050. The summed E-state index contributed by atoms with van der Waals surface area (Å²) in [7, 11) is -8.82. The highest BCUT2D eigenvalue weighted by atomic mass is 32.2. The van der Waals surface area contributed by atoms with Crippen LogP contribution in [-0.2, 0) is 30.3 Å². The van der Waals surface area contributed by atoms with E-state index in [0.717, 1.165) is 11.5 Å². The molecule has 0 aliphatic carbocycles. The second kappa shape index (κ2) is 14.0. The van der Waals surface area contributed by atoms with E-state index in [0.29, 0.717) is 46.1 Å². The number of pyridine rings is 1. The Labute approximate surface area is 281 Å². The Morgan fingerprint density at radius 2 is 1.62 bits per heavy atom. The van der Waals surface area contributed by atoms with Gasteiger partial charge in [-0.25, -0.2) is 32.1 Å². The van der Waals surface area contributed by atoms with Crippen LogP contribution in [0.15, 0.2) is 71.8 Å². The summed E-state index contributed by atoms with van der Waals surface area (Å²) in [4.78, 5) is 18.0. The topological polar surface area (TPSA) is 219 Å². The molecule has 15 heteroatoms. The number of nitrogen functional groups attached to an aromatic ring is 1. The van der Waals surface area contributed by atoms with Gasteiger partial charge in [0, 0.05) is 17.3 Å². The molecule has 2 unspecified atom stereocenters.